The molecular weight excluding hydrogens is 442 g/mol. The SMILES string of the molecule is COc1cccc(C=NNC(=O)c2ccccc2NS(=O)(=O)c2ccc(Cl)cc2)c1O. The number of para-hydroxylation sites is 2. The van der Waals surface area contributed by atoms with Gasteiger partial charge in [-0.05, 0) is 48.5 Å². The minimum Gasteiger partial charge on any atom is -0.504 e. The van der Waals surface area contributed by atoms with Crippen LogP contribution in [0.25, 0.3) is 0 Å². The molecular formula is C21H18ClN3O5S. The summed E-state index contributed by atoms with van der Waals surface area (Å²) < 4.78 is 32.7. The first kappa shape index (κ1) is 22.1. The first-order chi connectivity index (χ1) is 14.8. The quantitative estimate of drug-likeness (QED) is 0.368. The van der Waals surface area contributed by atoms with E-state index < -0.39 is 15.9 Å². The average molecular weight is 460 g/mol. The fourth-order valence-electron chi connectivity index (χ4n) is 2.62. The largest absolute Gasteiger partial charge is 0.504 e. The van der Waals surface area contributed by atoms with E-state index in [1.54, 1.807) is 30.3 Å². The summed E-state index contributed by atoms with van der Waals surface area (Å²) >= 11 is 5.80. The lowest BCUT2D eigenvalue weighted by Gasteiger charge is -2.12. The van der Waals surface area contributed by atoms with Crippen LogP contribution in [-0.4, -0.2) is 32.8 Å². The topological polar surface area (TPSA) is 117 Å². The van der Waals surface area contributed by atoms with E-state index in [0.29, 0.717) is 10.6 Å². The summed E-state index contributed by atoms with van der Waals surface area (Å²) in [5, 5.41) is 14.3. The van der Waals surface area contributed by atoms with E-state index in [1.165, 1.54) is 49.7 Å². The van der Waals surface area contributed by atoms with Crippen molar-refractivity contribution >= 4 is 39.4 Å². The Bertz CT molecular complexity index is 1230. The molecule has 0 saturated carbocycles. The smallest absolute Gasteiger partial charge is 0.273 e. The fourth-order valence-corrected chi connectivity index (χ4v) is 3.82. The van der Waals surface area contributed by atoms with Gasteiger partial charge in [0.1, 0.15) is 0 Å². The molecule has 0 heterocycles. The second kappa shape index (κ2) is 9.50. The number of nitrogens with zero attached hydrogens (tertiary/aromatic N) is 1. The minimum absolute atomic E-state index is 0.00127. The number of ether oxygens (including phenoxy) is 1. The molecule has 3 aromatic carbocycles. The third kappa shape index (κ3) is 5.33. The Morgan fingerprint density at radius 3 is 2.48 bits per heavy atom. The van der Waals surface area contributed by atoms with Crippen LogP contribution < -0.4 is 14.9 Å². The van der Waals surface area contributed by atoms with Crippen LogP contribution in [0.1, 0.15) is 15.9 Å². The summed E-state index contributed by atoms with van der Waals surface area (Å²) in [6.07, 6.45) is 1.25. The van der Waals surface area contributed by atoms with Gasteiger partial charge in [0.15, 0.2) is 11.5 Å². The molecule has 0 aliphatic carbocycles. The van der Waals surface area contributed by atoms with Crippen molar-refractivity contribution in [2.75, 3.05) is 11.8 Å². The molecule has 160 valence electrons. The maximum absolute atomic E-state index is 12.6. The van der Waals surface area contributed by atoms with Crippen molar-refractivity contribution in [3.05, 3.63) is 82.9 Å². The summed E-state index contributed by atoms with van der Waals surface area (Å²) in [4.78, 5) is 12.6. The van der Waals surface area contributed by atoms with Gasteiger partial charge < -0.3 is 9.84 Å². The van der Waals surface area contributed by atoms with Gasteiger partial charge in [0.2, 0.25) is 0 Å². The molecule has 3 N–H and O–H groups in total. The van der Waals surface area contributed by atoms with Gasteiger partial charge in [0, 0.05) is 10.6 Å². The van der Waals surface area contributed by atoms with Crippen molar-refractivity contribution in [3.8, 4) is 11.5 Å². The van der Waals surface area contributed by atoms with Crippen LogP contribution in [-0.2, 0) is 10.0 Å². The van der Waals surface area contributed by atoms with Crippen LogP contribution in [0.5, 0.6) is 11.5 Å². The van der Waals surface area contributed by atoms with Crippen LogP contribution in [0, 0.1) is 0 Å². The van der Waals surface area contributed by atoms with E-state index in [1.807, 2.05) is 0 Å². The molecule has 0 unspecified atom stereocenters. The lowest BCUT2D eigenvalue weighted by Crippen LogP contribution is -2.21. The number of aromatic hydroxyl groups is 1. The van der Waals surface area contributed by atoms with Crippen LogP contribution >= 0.6 is 11.6 Å². The first-order valence-corrected chi connectivity index (χ1v) is 10.7. The number of benzene rings is 3. The molecule has 0 bridgehead atoms. The summed E-state index contributed by atoms with van der Waals surface area (Å²) in [7, 11) is -2.52. The summed E-state index contributed by atoms with van der Waals surface area (Å²) in [6, 6.07) is 16.5. The number of amides is 1. The number of sulfonamides is 1. The third-order valence-electron chi connectivity index (χ3n) is 4.16. The summed E-state index contributed by atoms with van der Waals surface area (Å²) in [5.74, 6) is -0.510. The Kier molecular flexibility index (Phi) is 6.78. The van der Waals surface area contributed by atoms with Crippen LogP contribution in [0.3, 0.4) is 0 Å². The number of carbonyl (C=O) groups excluding carboxylic acids is 1. The number of anilines is 1. The van der Waals surface area contributed by atoms with Crippen LogP contribution in [0.4, 0.5) is 5.69 Å². The highest BCUT2D eigenvalue weighted by molar-refractivity contribution is 7.92. The monoisotopic (exact) mass is 459 g/mol. The van der Waals surface area contributed by atoms with Crippen molar-refractivity contribution < 1.29 is 23.1 Å². The summed E-state index contributed by atoms with van der Waals surface area (Å²) in [6.45, 7) is 0. The number of rotatable bonds is 7. The van der Waals surface area contributed by atoms with Crippen LogP contribution in [0.2, 0.25) is 5.02 Å². The van der Waals surface area contributed by atoms with Gasteiger partial charge in [-0.25, -0.2) is 13.8 Å². The predicted molar refractivity (Wildman–Crippen MR) is 118 cm³/mol. The molecule has 0 aliphatic heterocycles. The van der Waals surface area contributed by atoms with E-state index in [0.717, 1.165) is 0 Å². The van der Waals surface area contributed by atoms with Crippen molar-refractivity contribution in [3.63, 3.8) is 0 Å². The van der Waals surface area contributed by atoms with Crippen LogP contribution in [0.15, 0.2) is 76.7 Å². The molecule has 0 atom stereocenters. The summed E-state index contributed by atoms with van der Waals surface area (Å²) in [5.41, 5.74) is 2.78. The number of hydrogen-bond donors (Lipinski definition) is 3. The normalized spacial score (nSPS) is 11.3. The van der Waals surface area contributed by atoms with Gasteiger partial charge in [-0.2, -0.15) is 5.10 Å². The Morgan fingerprint density at radius 2 is 1.77 bits per heavy atom. The Morgan fingerprint density at radius 1 is 1.06 bits per heavy atom. The van der Waals surface area contributed by atoms with Gasteiger partial charge in [-0.15, -0.1) is 0 Å². The van der Waals surface area contributed by atoms with Gasteiger partial charge >= 0.3 is 0 Å². The van der Waals surface area contributed by atoms with Gasteiger partial charge in [-0.1, -0.05) is 29.8 Å². The number of halogens is 1. The molecule has 0 fully saturated rings. The maximum Gasteiger partial charge on any atom is 0.273 e. The molecule has 0 aliphatic rings. The lowest BCUT2D eigenvalue weighted by atomic mass is 10.2. The molecule has 8 nitrogen and oxygen atoms in total. The highest BCUT2D eigenvalue weighted by Gasteiger charge is 2.18. The Balaban J connectivity index is 1.78. The highest BCUT2D eigenvalue weighted by atomic mass is 35.5. The number of nitrogens with one attached hydrogen (secondary N) is 2. The van der Waals surface area contributed by atoms with E-state index in [9.17, 15) is 18.3 Å². The molecule has 3 rings (SSSR count). The van der Waals surface area contributed by atoms with E-state index >= 15 is 0 Å². The first-order valence-electron chi connectivity index (χ1n) is 8.88. The van der Waals surface area contributed by atoms with Gasteiger partial charge in [-0.3, -0.25) is 9.52 Å². The molecule has 0 spiro atoms. The second-order valence-corrected chi connectivity index (χ2v) is 8.32. The Hall–Kier alpha value is -3.56. The van der Waals surface area contributed by atoms with Gasteiger partial charge in [0.25, 0.3) is 15.9 Å². The Labute approximate surface area is 184 Å². The van der Waals surface area contributed by atoms with Crippen molar-refractivity contribution in [2.24, 2.45) is 5.10 Å². The van der Waals surface area contributed by atoms with E-state index in [2.05, 4.69) is 15.2 Å². The molecule has 0 radical (unpaired) electrons. The number of carbonyl (C=O) groups is 1. The van der Waals surface area contributed by atoms with E-state index in [-0.39, 0.29) is 27.6 Å². The lowest BCUT2D eigenvalue weighted by molar-refractivity contribution is 0.0956. The molecule has 1 amide bonds. The van der Waals surface area contributed by atoms with Crippen molar-refractivity contribution in [1.82, 2.24) is 5.43 Å². The molecule has 31 heavy (non-hydrogen) atoms. The molecule has 0 aromatic heterocycles. The predicted octanol–water partition coefficient (Wildman–Crippen LogP) is 3.62. The number of hydrogen-bond acceptors (Lipinski definition) is 6. The average Bonchev–Trinajstić information content (AvgIpc) is 2.75. The van der Waals surface area contributed by atoms with Crippen molar-refractivity contribution in [1.29, 1.82) is 0 Å². The maximum atomic E-state index is 12.6. The number of hydrazone groups is 1. The zero-order valence-corrected chi connectivity index (χ0v) is 17.8. The van der Waals surface area contributed by atoms with E-state index in [4.69, 9.17) is 16.3 Å². The van der Waals surface area contributed by atoms with Crippen molar-refractivity contribution in [2.45, 2.75) is 4.90 Å². The zero-order valence-electron chi connectivity index (χ0n) is 16.2. The number of methoxy groups -OCH3 is 1. The second-order valence-electron chi connectivity index (χ2n) is 6.20. The molecule has 0 saturated heterocycles. The fraction of sp³-hybridized carbons (Fsp3) is 0.0476. The number of phenols is 1. The molecule has 10 heteroatoms. The zero-order chi connectivity index (χ0) is 22.4. The third-order valence-corrected chi connectivity index (χ3v) is 5.79. The van der Waals surface area contributed by atoms with Gasteiger partial charge in [0.05, 0.1) is 29.5 Å². The molecule has 3 aromatic rings. The standard InChI is InChI=1S/C21H18ClN3O5S/c1-30-19-8-4-5-14(20(19)26)13-23-24-21(27)17-6-2-3-7-18(17)25-31(28,29)16-11-9-15(22)10-12-16/h2-13,25-26H,1H3,(H,24,27). The number of phenolic OH excluding ortho intramolecular Hbond substituents is 1. The minimum atomic E-state index is -3.94. The highest BCUT2D eigenvalue weighted by Crippen LogP contribution is 2.28.